The SMILES string of the molecule is Cc1cccc(N(Cc2cccc(C(F)(F)F)c2)c2cc(C(=O)O)n(CCCOc3cc(C)c(Cl)c(C)c3)c2)c1. The van der Waals surface area contributed by atoms with E-state index in [1.54, 1.807) is 22.9 Å². The van der Waals surface area contributed by atoms with Crippen LogP contribution in [0.25, 0.3) is 0 Å². The number of anilines is 2. The maximum atomic E-state index is 13.4. The molecule has 0 amide bonds. The lowest BCUT2D eigenvalue weighted by Gasteiger charge is -2.25. The number of benzene rings is 3. The summed E-state index contributed by atoms with van der Waals surface area (Å²) in [5.41, 5.74) is 3.89. The molecule has 0 fully saturated rings. The lowest BCUT2D eigenvalue weighted by molar-refractivity contribution is -0.137. The summed E-state index contributed by atoms with van der Waals surface area (Å²) in [5.74, 6) is -0.405. The van der Waals surface area contributed by atoms with Crippen molar-refractivity contribution in [2.75, 3.05) is 11.5 Å². The molecule has 5 nitrogen and oxygen atoms in total. The molecule has 4 aromatic rings. The zero-order chi connectivity index (χ0) is 29.0. The van der Waals surface area contributed by atoms with Crippen LogP contribution in [-0.4, -0.2) is 22.2 Å². The maximum Gasteiger partial charge on any atom is 0.416 e. The second-order valence-corrected chi connectivity index (χ2v) is 10.2. The predicted molar refractivity (Wildman–Crippen MR) is 151 cm³/mol. The molecule has 0 radical (unpaired) electrons. The van der Waals surface area contributed by atoms with E-state index in [4.69, 9.17) is 16.3 Å². The fourth-order valence-electron chi connectivity index (χ4n) is 4.58. The van der Waals surface area contributed by atoms with E-state index in [2.05, 4.69) is 0 Å². The zero-order valence-corrected chi connectivity index (χ0v) is 23.2. The number of aromatic nitrogens is 1. The summed E-state index contributed by atoms with van der Waals surface area (Å²) >= 11 is 6.23. The van der Waals surface area contributed by atoms with E-state index in [-0.39, 0.29) is 12.2 Å². The summed E-state index contributed by atoms with van der Waals surface area (Å²) in [5, 5.41) is 10.6. The molecule has 0 atom stereocenters. The van der Waals surface area contributed by atoms with Crippen molar-refractivity contribution in [3.05, 3.63) is 111 Å². The Morgan fingerprint density at radius 3 is 2.33 bits per heavy atom. The molecule has 0 spiro atoms. The van der Waals surface area contributed by atoms with Gasteiger partial charge in [-0.2, -0.15) is 13.2 Å². The van der Waals surface area contributed by atoms with E-state index in [1.165, 1.54) is 6.07 Å². The fourth-order valence-corrected chi connectivity index (χ4v) is 4.69. The number of hydrogen-bond acceptors (Lipinski definition) is 3. The summed E-state index contributed by atoms with van der Waals surface area (Å²) in [6.07, 6.45) is -2.21. The van der Waals surface area contributed by atoms with Gasteiger partial charge < -0.3 is 19.3 Å². The molecule has 0 saturated carbocycles. The molecular formula is C31H30ClF3N2O3. The molecular weight excluding hydrogens is 541 g/mol. The van der Waals surface area contributed by atoms with Gasteiger partial charge in [-0.15, -0.1) is 0 Å². The van der Waals surface area contributed by atoms with Gasteiger partial charge in [-0.1, -0.05) is 35.9 Å². The molecule has 0 aliphatic rings. The molecule has 40 heavy (non-hydrogen) atoms. The normalized spacial score (nSPS) is 11.5. The van der Waals surface area contributed by atoms with E-state index in [1.807, 2.05) is 62.1 Å². The highest BCUT2D eigenvalue weighted by atomic mass is 35.5. The number of aromatic carboxylic acids is 1. The Labute approximate surface area is 236 Å². The minimum Gasteiger partial charge on any atom is -0.494 e. The lowest BCUT2D eigenvalue weighted by Crippen LogP contribution is -2.17. The average molecular weight is 571 g/mol. The van der Waals surface area contributed by atoms with E-state index in [9.17, 15) is 23.1 Å². The highest BCUT2D eigenvalue weighted by Gasteiger charge is 2.30. The van der Waals surface area contributed by atoms with Crippen LogP contribution in [0.1, 0.15) is 44.7 Å². The number of ether oxygens (including phenoxy) is 1. The smallest absolute Gasteiger partial charge is 0.416 e. The molecule has 0 aliphatic heterocycles. The minimum atomic E-state index is -4.46. The van der Waals surface area contributed by atoms with Crippen molar-refractivity contribution in [1.82, 2.24) is 4.57 Å². The van der Waals surface area contributed by atoms with Gasteiger partial charge in [0.2, 0.25) is 0 Å². The first kappa shape index (κ1) is 29.1. The lowest BCUT2D eigenvalue weighted by atomic mass is 10.1. The number of hydrogen-bond donors (Lipinski definition) is 1. The quantitative estimate of drug-likeness (QED) is 0.194. The van der Waals surface area contributed by atoms with E-state index in [0.29, 0.717) is 41.6 Å². The van der Waals surface area contributed by atoms with Gasteiger partial charge in [0.1, 0.15) is 11.4 Å². The van der Waals surface area contributed by atoms with Crippen LogP contribution in [0.2, 0.25) is 5.02 Å². The third-order valence-corrected chi connectivity index (χ3v) is 7.14. The van der Waals surface area contributed by atoms with Gasteiger partial charge in [0.05, 0.1) is 17.9 Å². The standard InChI is InChI=1S/C31H30ClF3N2O3/c1-20-7-4-10-25(13-20)37(18-23-8-5-9-24(16-23)31(33,34)35)26-17-28(30(38)39)36(19-26)11-6-12-40-27-14-21(2)29(32)22(3)15-27/h4-5,7-10,13-17,19H,6,11-12,18H2,1-3H3,(H,38,39). The molecule has 1 aromatic heterocycles. The number of aryl methyl sites for hydroxylation is 4. The number of halogens is 4. The second kappa shape index (κ2) is 12.1. The molecule has 9 heteroatoms. The molecule has 0 saturated heterocycles. The van der Waals surface area contributed by atoms with Crippen LogP contribution < -0.4 is 9.64 Å². The van der Waals surface area contributed by atoms with Crippen LogP contribution in [0.5, 0.6) is 5.75 Å². The largest absolute Gasteiger partial charge is 0.494 e. The van der Waals surface area contributed by atoms with Gasteiger partial charge in [-0.25, -0.2) is 4.79 Å². The van der Waals surface area contributed by atoms with Gasteiger partial charge in [0.15, 0.2) is 0 Å². The third kappa shape index (κ3) is 6.99. The van der Waals surface area contributed by atoms with E-state index >= 15 is 0 Å². The van der Waals surface area contributed by atoms with Gasteiger partial charge in [-0.3, -0.25) is 0 Å². The van der Waals surface area contributed by atoms with Crippen molar-refractivity contribution in [2.45, 2.75) is 46.5 Å². The van der Waals surface area contributed by atoms with Crippen LogP contribution >= 0.6 is 11.6 Å². The number of carboxylic acids is 1. The molecule has 3 aromatic carbocycles. The topological polar surface area (TPSA) is 54.7 Å². The molecule has 0 unspecified atom stereocenters. The fraction of sp³-hybridized carbons (Fsp3) is 0.258. The second-order valence-electron chi connectivity index (χ2n) is 9.78. The Balaban J connectivity index is 1.58. The minimum absolute atomic E-state index is 0.0786. The Bertz CT molecular complexity index is 1490. The first-order chi connectivity index (χ1) is 18.9. The average Bonchev–Trinajstić information content (AvgIpc) is 3.32. The van der Waals surface area contributed by atoms with E-state index < -0.39 is 17.7 Å². The summed E-state index contributed by atoms with van der Waals surface area (Å²) in [4.78, 5) is 13.9. The van der Waals surface area contributed by atoms with Crippen LogP contribution in [0.4, 0.5) is 24.5 Å². The van der Waals surface area contributed by atoms with E-state index in [0.717, 1.165) is 34.5 Å². The Kier molecular flexibility index (Phi) is 8.79. The predicted octanol–water partition coefficient (Wildman–Crippen LogP) is 8.59. The summed E-state index contributed by atoms with van der Waals surface area (Å²) in [6, 6.07) is 18.0. The van der Waals surface area contributed by atoms with Gasteiger partial charge in [0, 0.05) is 30.0 Å². The Morgan fingerprint density at radius 2 is 1.68 bits per heavy atom. The monoisotopic (exact) mass is 570 g/mol. The number of carbonyl (C=O) groups is 1. The zero-order valence-electron chi connectivity index (χ0n) is 22.4. The Morgan fingerprint density at radius 1 is 0.975 bits per heavy atom. The summed E-state index contributed by atoms with van der Waals surface area (Å²) < 4.78 is 47.6. The highest BCUT2D eigenvalue weighted by molar-refractivity contribution is 6.32. The molecule has 0 aliphatic carbocycles. The van der Waals surface area contributed by atoms with Crippen molar-refractivity contribution in [3.8, 4) is 5.75 Å². The summed E-state index contributed by atoms with van der Waals surface area (Å²) in [6.45, 7) is 6.58. The Hall–Kier alpha value is -3.91. The first-order valence-electron chi connectivity index (χ1n) is 12.8. The van der Waals surface area contributed by atoms with Crippen molar-refractivity contribution in [2.24, 2.45) is 0 Å². The highest BCUT2D eigenvalue weighted by Crippen LogP contribution is 2.33. The summed E-state index contributed by atoms with van der Waals surface area (Å²) in [7, 11) is 0. The van der Waals surface area contributed by atoms with Gasteiger partial charge in [0.25, 0.3) is 0 Å². The van der Waals surface area contributed by atoms with Crippen LogP contribution in [-0.2, 0) is 19.3 Å². The van der Waals surface area contributed by atoms with Gasteiger partial charge >= 0.3 is 12.1 Å². The number of carboxylic acid groups (broad SMARTS) is 1. The molecule has 210 valence electrons. The van der Waals surface area contributed by atoms with Crippen LogP contribution in [0.3, 0.4) is 0 Å². The first-order valence-corrected chi connectivity index (χ1v) is 13.1. The number of rotatable bonds is 10. The van der Waals surface area contributed by atoms with Crippen molar-refractivity contribution >= 4 is 28.9 Å². The maximum absolute atomic E-state index is 13.4. The molecule has 1 N–H and O–H groups in total. The van der Waals surface area contributed by atoms with Gasteiger partial charge in [-0.05, 0) is 91.9 Å². The molecule has 1 heterocycles. The van der Waals surface area contributed by atoms with Crippen molar-refractivity contribution < 1.29 is 27.8 Å². The van der Waals surface area contributed by atoms with Crippen molar-refractivity contribution in [1.29, 1.82) is 0 Å². The molecule has 4 rings (SSSR count). The van der Waals surface area contributed by atoms with Crippen LogP contribution in [0.15, 0.2) is 72.9 Å². The third-order valence-electron chi connectivity index (χ3n) is 6.54. The number of alkyl halides is 3. The van der Waals surface area contributed by atoms with Crippen molar-refractivity contribution in [3.63, 3.8) is 0 Å². The number of nitrogens with zero attached hydrogens (tertiary/aromatic N) is 2. The van der Waals surface area contributed by atoms with Crippen LogP contribution in [0, 0.1) is 20.8 Å². The molecule has 0 bridgehead atoms.